The summed E-state index contributed by atoms with van der Waals surface area (Å²) < 4.78 is 18.5. The molecule has 4 aromatic rings. The van der Waals surface area contributed by atoms with Crippen LogP contribution in [0.25, 0.3) is 10.2 Å². The van der Waals surface area contributed by atoms with Crippen LogP contribution in [0, 0.1) is 0 Å². The molecule has 2 heterocycles. The number of hydrogen-bond donors (Lipinski definition) is 1. The van der Waals surface area contributed by atoms with Gasteiger partial charge in [-0.05, 0) is 41.3 Å². The van der Waals surface area contributed by atoms with Crippen LogP contribution in [0.5, 0.6) is 17.2 Å². The van der Waals surface area contributed by atoms with Gasteiger partial charge in [-0.1, -0.05) is 12.1 Å². The highest BCUT2D eigenvalue weighted by molar-refractivity contribution is 7.17. The zero-order valence-electron chi connectivity index (χ0n) is 18.9. The molecule has 0 fully saturated rings. The average molecular weight is 482 g/mol. The third kappa shape index (κ3) is 4.53. The maximum atomic E-state index is 13.3. The van der Waals surface area contributed by atoms with Crippen molar-refractivity contribution in [3.8, 4) is 17.2 Å². The quantitative estimate of drug-likeness (QED) is 0.415. The summed E-state index contributed by atoms with van der Waals surface area (Å²) >= 11 is 1.23. The van der Waals surface area contributed by atoms with E-state index in [2.05, 4.69) is 5.32 Å². The van der Waals surface area contributed by atoms with E-state index < -0.39 is 11.6 Å². The average Bonchev–Trinajstić information content (AvgIpc) is 3.35. The number of benzene rings is 2. The molecule has 0 saturated carbocycles. The molecule has 0 atom stereocenters. The van der Waals surface area contributed by atoms with Gasteiger partial charge in [-0.25, -0.2) is 4.79 Å². The van der Waals surface area contributed by atoms with Crippen LogP contribution in [-0.2, 0) is 17.9 Å². The van der Waals surface area contributed by atoms with Gasteiger partial charge in [-0.2, -0.15) is 0 Å². The first-order valence-electron chi connectivity index (χ1n) is 10.3. The highest BCUT2D eigenvalue weighted by Gasteiger charge is 2.17. The third-order valence-electron chi connectivity index (χ3n) is 5.31. The molecular weight excluding hydrogens is 458 g/mol. The number of ether oxygens (including phenoxy) is 3. The normalized spacial score (nSPS) is 10.8. The number of carbonyl (C=O) groups excluding carboxylic acids is 1. The second-order valence-corrected chi connectivity index (χ2v) is 8.28. The topological polar surface area (TPSA) is 101 Å². The van der Waals surface area contributed by atoms with Crippen LogP contribution < -0.4 is 30.8 Å². The van der Waals surface area contributed by atoms with Crippen molar-refractivity contribution < 1.29 is 19.0 Å². The molecule has 10 heteroatoms. The number of nitrogens with one attached hydrogen (secondary N) is 1. The third-order valence-corrected chi connectivity index (χ3v) is 6.20. The van der Waals surface area contributed by atoms with E-state index >= 15 is 0 Å². The van der Waals surface area contributed by atoms with E-state index in [0.717, 1.165) is 10.1 Å². The van der Waals surface area contributed by atoms with Gasteiger partial charge in [-0.3, -0.25) is 18.7 Å². The van der Waals surface area contributed by atoms with Gasteiger partial charge in [-0.15, -0.1) is 11.3 Å². The Morgan fingerprint density at radius 3 is 2.32 bits per heavy atom. The summed E-state index contributed by atoms with van der Waals surface area (Å²) in [6.45, 7) is -0.184. The van der Waals surface area contributed by atoms with Crippen LogP contribution >= 0.6 is 11.3 Å². The molecule has 9 nitrogen and oxygen atoms in total. The minimum Gasteiger partial charge on any atom is -0.497 e. The predicted molar refractivity (Wildman–Crippen MR) is 131 cm³/mol. The number of carbonyl (C=O) groups is 1. The summed E-state index contributed by atoms with van der Waals surface area (Å²) in [6, 6.07) is 13.8. The molecule has 0 unspecified atom stereocenters. The van der Waals surface area contributed by atoms with Gasteiger partial charge in [0.05, 0.1) is 33.4 Å². The molecule has 0 aliphatic rings. The molecular formula is C24H23N3O6S. The number of amides is 1. The standard InChI is InChI=1S/C24H23N3O6S/c1-31-17-7-4-15(5-8-17)13-27-23(29)22-18(10-11-34-22)26(24(27)30)14-21(28)25-16-6-9-19(32-2)20(12-16)33-3/h4-12H,13-14H2,1-3H3,(H,25,28). The van der Waals surface area contributed by atoms with Crippen LogP contribution in [0.2, 0.25) is 0 Å². The lowest BCUT2D eigenvalue weighted by Gasteiger charge is -2.14. The summed E-state index contributed by atoms with van der Waals surface area (Å²) in [4.78, 5) is 39.1. The second kappa shape index (κ2) is 9.84. The Balaban J connectivity index is 1.65. The molecule has 176 valence electrons. The van der Waals surface area contributed by atoms with E-state index in [4.69, 9.17) is 14.2 Å². The molecule has 0 spiro atoms. The highest BCUT2D eigenvalue weighted by atomic mass is 32.1. The van der Waals surface area contributed by atoms with Gasteiger partial charge in [0.15, 0.2) is 11.5 Å². The summed E-state index contributed by atoms with van der Waals surface area (Å²) in [5, 5.41) is 4.49. The van der Waals surface area contributed by atoms with Gasteiger partial charge in [0.25, 0.3) is 5.56 Å². The van der Waals surface area contributed by atoms with Crippen molar-refractivity contribution in [2.75, 3.05) is 26.6 Å². The number of aromatic nitrogens is 2. The van der Waals surface area contributed by atoms with Crippen molar-refractivity contribution in [3.05, 3.63) is 80.3 Å². The summed E-state index contributed by atoms with van der Waals surface area (Å²) in [6.07, 6.45) is 0. The summed E-state index contributed by atoms with van der Waals surface area (Å²) in [7, 11) is 4.59. The van der Waals surface area contributed by atoms with Crippen LogP contribution in [-0.4, -0.2) is 36.4 Å². The number of hydrogen-bond acceptors (Lipinski definition) is 7. The van der Waals surface area contributed by atoms with Crippen LogP contribution in [0.4, 0.5) is 5.69 Å². The Labute approximate surface area is 198 Å². The minimum atomic E-state index is -0.561. The van der Waals surface area contributed by atoms with E-state index in [1.165, 1.54) is 30.1 Å². The fourth-order valence-corrected chi connectivity index (χ4v) is 4.44. The Kier molecular flexibility index (Phi) is 6.69. The van der Waals surface area contributed by atoms with E-state index in [9.17, 15) is 14.4 Å². The lowest BCUT2D eigenvalue weighted by atomic mass is 10.2. The summed E-state index contributed by atoms with van der Waals surface area (Å²) in [5.74, 6) is 1.25. The van der Waals surface area contributed by atoms with Crippen molar-refractivity contribution in [1.29, 1.82) is 0 Å². The molecule has 0 bridgehead atoms. The zero-order chi connectivity index (χ0) is 24.2. The molecule has 2 aromatic heterocycles. The smallest absolute Gasteiger partial charge is 0.332 e. The maximum Gasteiger partial charge on any atom is 0.332 e. The minimum absolute atomic E-state index is 0.0762. The van der Waals surface area contributed by atoms with Gasteiger partial charge in [0.1, 0.15) is 17.0 Å². The fraction of sp³-hybridized carbons (Fsp3) is 0.208. The summed E-state index contributed by atoms with van der Waals surface area (Å²) in [5.41, 5.74) is 0.728. The predicted octanol–water partition coefficient (Wildman–Crippen LogP) is 2.94. The Hall–Kier alpha value is -4.05. The molecule has 1 amide bonds. The number of anilines is 1. The number of methoxy groups -OCH3 is 3. The monoisotopic (exact) mass is 481 g/mol. The Morgan fingerprint density at radius 1 is 0.912 bits per heavy atom. The number of fused-ring (bicyclic) bond motifs is 1. The SMILES string of the molecule is COc1ccc(Cn2c(=O)c3sccc3n(CC(=O)Nc3ccc(OC)c(OC)c3)c2=O)cc1. The molecule has 0 aliphatic carbocycles. The van der Waals surface area contributed by atoms with E-state index in [-0.39, 0.29) is 18.6 Å². The first-order chi connectivity index (χ1) is 16.4. The number of rotatable bonds is 8. The van der Waals surface area contributed by atoms with E-state index in [0.29, 0.717) is 33.2 Å². The van der Waals surface area contributed by atoms with Crippen molar-refractivity contribution in [2.24, 2.45) is 0 Å². The Bertz CT molecular complexity index is 1450. The van der Waals surface area contributed by atoms with Crippen molar-refractivity contribution >= 4 is 33.1 Å². The number of thiophene rings is 1. The van der Waals surface area contributed by atoms with Crippen molar-refractivity contribution in [2.45, 2.75) is 13.1 Å². The highest BCUT2D eigenvalue weighted by Crippen LogP contribution is 2.29. The van der Waals surface area contributed by atoms with Crippen LogP contribution in [0.15, 0.2) is 63.5 Å². The Morgan fingerprint density at radius 2 is 1.65 bits per heavy atom. The molecule has 0 saturated heterocycles. The molecule has 4 rings (SSSR count). The lowest BCUT2D eigenvalue weighted by molar-refractivity contribution is -0.116. The molecule has 0 radical (unpaired) electrons. The second-order valence-electron chi connectivity index (χ2n) is 7.36. The fourth-order valence-electron chi connectivity index (χ4n) is 3.60. The maximum absolute atomic E-state index is 13.3. The largest absolute Gasteiger partial charge is 0.497 e. The van der Waals surface area contributed by atoms with E-state index in [1.807, 2.05) is 0 Å². The first-order valence-corrected chi connectivity index (χ1v) is 11.2. The van der Waals surface area contributed by atoms with Gasteiger partial charge < -0.3 is 19.5 Å². The zero-order valence-corrected chi connectivity index (χ0v) is 19.7. The van der Waals surface area contributed by atoms with Gasteiger partial charge in [0.2, 0.25) is 5.91 Å². The molecule has 34 heavy (non-hydrogen) atoms. The van der Waals surface area contributed by atoms with Crippen molar-refractivity contribution in [1.82, 2.24) is 9.13 Å². The van der Waals surface area contributed by atoms with Crippen LogP contribution in [0.1, 0.15) is 5.56 Å². The van der Waals surface area contributed by atoms with Crippen LogP contribution in [0.3, 0.4) is 0 Å². The molecule has 1 N–H and O–H groups in total. The lowest BCUT2D eigenvalue weighted by Crippen LogP contribution is -2.41. The molecule has 2 aromatic carbocycles. The van der Waals surface area contributed by atoms with Crippen molar-refractivity contribution in [3.63, 3.8) is 0 Å². The van der Waals surface area contributed by atoms with Gasteiger partial charge in [0, 0.05) is 11.8 Å². The first kappa shape index (κ1) is 23.1. The van der Waals surface area contributed by atoms with Gasteiger partial charge >= 0.3 is 5.69 Å². The number of nitrogens with zero attached hydrogens (tertiary/aromatic N) is 2. The van der Waals surface area contributed by atoms with E-state index in [1.54, 1.807) is 61.0 Å². The molecule has 0 aliphatic heterocycles.